The number of hydrogen-bond acceptors (Lipinski definition) is 3. The number of ether oxygens (including phenoxy) is 1. The van der Waals surface area contributed by atoms with Gasteiger partial charge in [-0.15, -0.1) is 0 Å². The molecule has 0 bridgehead atoms. The average molecular weight is 254 g/mol. The Balaban J connectivity index is 1.75. The molecule has 0 aromatic rings. The van der Waals surface area contributed by atoms with E-state index in [4.69, 9.17) is 10.5 Å². The fourth-order valence-corrected chi connectivity index (χ4v) is 3.40. The molecule has 3 nitrogen and oxygen atoms in total. The van der Waals surface area contributed by atoms with Gasteiger partial charge >= 0.3 is 0 Å². The van der Waals surface area contributed by atoms with Crippen molar-refractivity contribution in [2.45, 2.75) is 69.9 Å². The minimum absolute atomic E-state index is 0.536. The molecule has 0 amide bonds. The molecule has 1 unspecified atom stereocenters. The first-order valence-electron chi connectivity index (χ1n) is 7.96. The van der Waals surface area contributed by atoms with Gasteiger partial charge in [0.1, 0.15) is 0 Å². The van der Waals surface area contributed by atoms with Gasteiger partial charge in [0.05, 0.1) is 6.10 Å². The normalized spacial score (nSPS) is 26.0. The van der Waals surface area contributed by atoms with Crippen molar-refractivity contribution in [1.82, 2.24) is 4.90 Å². The van der Waals surface area contributed by atoms with E-state index in [1.165, 1.54) is 64.5 Å². The molecule has 0 spiro atoms. The van der Waals surface area contributed by atoms with Crippen LogP contribution in [0, 0.1) is 0 Å². The highest BCUT2D eigenvalue weighted by atomic mass is 16.5. The van der Waals surface area contributed by atoms with Crippen molar-refractivity contribution in [3.05, 3.63) is 0 Å². The van der Waals surface area contributed by atoms with Crippen LogP contribution >= 0.6 is 0 Å². The van der Waals surface area contributed by atoms with Crippen molar-refractivity contribution in [3.8, 4) is 0 Å². The predicted octanol–water partition coefficient (Wildman–Crippen LogP) is 2.54. The monoisotopic (exact) mass is 254 g/mol. The van der Waals surface area contributed by atoms with Crippen LogP contribution < -0.4 is 5.73 Å². The van der Waals surface area contributed by atoms with E-state index in [9.17, 15) is 0 Å². The molecule has 18 heavy (non-hydrogen) atoms. The minimum atomic E-state index is 0.536. The highest BCUT2D eigenvalue weighted by molar-refractivity contribution is 4.77. The van der Waals surface area contributed by atoms with E-state index >= 15 is 0 Å². The van der Waals surface area contributed by atoms with Crippen LogP contribution in [0.2, 0.25) is 0 Å². The van der Waals surface area contributed by atoms with Crippen LogP contribution in [0.15, 0.2) is 0 Å². The molecule has 3 heteroatoms. The van der Waals surface area contributed by atoms with Gasteiger partial charge in [-0.25, -0.2) is 0 Å². The number of rotatable bonds is 7. The Labute approximate surface area is 112 Å². The van der Waals surface area contributed by atoms with Crippen LogP contribution in [-0.2, 0) is 4.74 Å². The lowest BCUT2D eigenvalue weighted by Gasteiger charge is -2.35. The standard InChI is InChI=1S/C15H30N2O/c16-10-5-11-17(14-6-2-1-3-7-14)12-9-15-8-4-13-18-15/h14-15H,1-13,16H2. The summed E-state index contributed by atoms with van der Waals surface area (Å²) in [6.07, 6.45) is 12.5. The number of hydrogen-bond donors (Lipinski definition) is 1. The number of nitrogens with two attached hydrogens (primary N) is 1. The van der Waals surface area contributed by atoms with Gasteiger partial charge in [0, 0.05) is 19.2 Å². The summed E-state index contributed by atoms with van der Waals surface area (Å²) in [7, 11) is 0. The molecule has 1 heterocycles. The van der Waals surface area contributed by atoms with E-state index in [-0.39, 0.29) is 0 Å². The van der Waals surface area contributed by atoms with Crippen LogP contribution in [0.25, 0.3) is 0 Å². The third-order valence-corrected chi connectivity index (χ3v) is 4.50. The molecular weight excluding hydrogens is 224 g/mol. The lowest BCUT2D eigenvalue weighted by Crippen LogP contribution is -2.39. The highest BCUT2D eigenvalue weighted by Crippen LogP contribution is 2.24. The molecule has 1 saturated carbocycles. The quantitative estimate of drug-likeness (QED) is 0.759. The summed E-state index contributed by atoms with van der Waals surface area (Å²) < 4.78 is 5.74. The zero-order valence-electron chi connectivity index (χ0n) is 11.8. The van der Waals surface area contributed by atoms with Gasteiger partial charge in [-0.2, -0.15) is 0 Å². The highest BCUT2D eigenvalue weighted by Gasteiger charge is 2.22. The van der Waals surface area contributed by atoms with Gasteiger partial charge in [-0.05, 0) is 51.6 Å². The molecular formula is C15H30N2O. The van der Waals surface area contributed by atoms with Crippen molar-refractivity contribution in [2.75, 3.05) is 26.2 Å². The van der Waals surface area contributed by atoms with Crippen molar-refractivity contribution in [2.24, 2.45) is 5.73 Å². The molecule has 1 atom stereocenters. The van der Waals surface area contributed by atoms with Crippen LogP contribution in [0.5, 0.6) is 0 Å². The molecule has 2 fully saturated rings. The lowest BCUT2D eigenvalue weighted by atomic mass is 9.93. The summed E-state index contributed by atoms with van der Waals surface area (Å²) in [4.78, 5) is 2.70. The molecule has 2 N–H and O–H groups in total. The third kappa shape index (κ3) is 4.52. The van der Waals surface area contributed by atoms with Crippen molar-refractivity contribution >= 4 is 0 Å². The largest absolute Gasteiger partial charge is 0.378 e. The average Bonchev–Trinajstić information content (AvgIpc) is 2.93. The summed E-state index contributed by atoms with van der Waals surface area (Å²) in [5.74, 6) is 0. The second kappa shape index (κ2) is 8.13. The Morgan fingerprint density at radius 1 is 1.00 bits per heavy atom. The van der Waals surface area contributed by atoms with E-state index in [0.29, 0.717) is 6.10 Å². The maximum absolute atomic E-state index is 5.74. The summed E-state index contributed by atoms with van der Waals surface area (Å²) in [6.45, 7) is 4.21. The maximum atomic E-state index is 5.74. The topological polar surface area (TPSA) is 38.5 Å². The molecule has 2 rings (SSSR count). The van der Waals surface area contributed by atoms with E-state index in [1.807, 2.05) is 0 Å². The summed E-state index contributed by atoms with van der Waals surface area (Å²) in [5, 5.41) is 0. The molecule has 0 radical (unpaired) electrons. The molecule has 1 aliphatic heterocycles. The zero-order chi connectivity index (χ0) is 12.6. The van der Waals surface area contributed by atoms with Gasteiger partial charge in [0.15, 0.2) is 0 Å². The van der Waals surface area contributed by atoms with E-state index in [2.05, 4.69) is 4.90 Å². The van der Waals surface area contributed by atoms with E-state index < -0.39 is 0 Å². The Morgan fingerprint density at radius 2 is 1.83 bits per heavy atom. The van der Waals surface area contributed by atoms with E-state index in [0.717, 1.165) is 25.6 Å². The summed E-state index contributed by atoms with van der Waals surface area (Å²) in [6, 6.07) is 0.826. The lowest BCUT2D eigenvalue weighted by molar-refractivity contribution is 0.0779. The Hall–Kier alpha value is -0.120. The molecule has 0 aromatic carbocycles. The Kier molecular flexibility index (Phi) is 6.46. The maximum Gasteiger partial charge on any atom is 0.0588 e. The van der Waals surface area contributed by atoms with Crippen LogP contribution in [0.1, 0.15) is 57.8 Å². The fraction of sp³-hybridized carbons (Fsp3) is 1.00. The Morgan fingerprint density at radius 3 is 2.50 bits per heavy atom. The van der Waals surface area contributed by atoms with Crippen molar-refractivity contribution in [3.63, 3.8) is 0 Å². The second-order valence-corrected chi connectivity index (χ2v) is 5.89. The number of nitrogens with zero attached hydrogens (tertiary/aromatic N) is 1. The first-order chi connectivity index (χ1) is 8.90. The van der Waals surface area contributed by atoms with E-state index in [1.54, 1.807) is 0 Å². The van der Waals surface area contributed by atoms with Crippen molar-refractivity contribution in [1.29, 1.82) is 0 Å². The van der Waals surface area contributed by atoms with Crippen LogP contribution in [-0.4, -0.2) is 43.3 Å². The SMILES string of the molecule is NCCCN(CCC1CCCO1)C1CCCCC1. The zero-order valence-corrected chi connectivity index (χ0v) is 11.8. The third-order valence-electron chi connectivity index (χ3n) is 4.50. The predicted molar refractivity (Wildman–Crippen MR) is 75.7 cm³/mol. The molecule has 0 aromatic heterocycles. The smallest absolute Gasteiger partial charge is 0.0588 e. The van der Waals surface area contributed by atoms with Gasteiger partial charge in [0.25, 0.3) is 0 Å². The fourth-order valence-electron chi connectivity index (χ4n) is 3.40. The molecule has 1 saturated heterocycles. The van der Waals surface area contributed by atoms with Gasteiger partial charge in [0.2, 0.25) is 0 Å². The molecule has 106 valence electrons. The second-order valence-electron chi connectivity index (χ2n) is 5.89. The van der Waals surface area contributed by atoms with Crippen LogP contribution in [0.3, 0.4) is 0 Å². The van der Waals surface area contributed by atoms with Crippen molar-refractivity contribution < 1.29 is 4.74 Å². The molecule has 1 aliphatic carbocycles. The first-order valence-corrected chi connectivity index (χ1v) is 7.96. The summed E-state index contributed by atoms with van der Waals surface area (Å²) in [5.41, 5.74) is 5.67. The Bertz CT molecular complexity index is 211. The van der Waals surface area contributed by atoms with Gasteiger partial charge in [-0.1, -0.05) is 19.3 Å². The van der Waals surface area contributed by atoms with Crippen LogP contribution in [0.4, 0.5) is 0 Å². The minimum Gasteiger partial charge on any atom is -0.378 e. The molecule has 2 aliphatic rings. The van der Waals surface area contributed by atoms with Gasteiger partial charge < -0.3 is 15.4 Å². The summed E-state index contributed by atoms with van der Waals surface area (Å²) >= 11 is 0. The van der Waals surface area contributed by atoms with Gasteiger partial charge in [-0.3, -0.25) is 0 Å². The first kappa shape index (κ1) is 14.3.